The number of hydrogen-bond acceptors (Lipinski definition) is 2. The van der Waals surface area contributed by atoms with E-state index in [1.807, 2.05) is 42.5 Å². The van der Waals surface area contributed by atoms with E-state index in [1.165, 1.54) is 23.2 Å². The molecule has 0 saturated heterocycles. The second-order valence-electron chi connectivity index (χ2n) is 9.02. The number of nitrogens with zero attached hydrogens (tertiary/aromatic N) is 1. The summed E-state index contributed by atoms with van der Waals surface area (Å²) < 4.78 is 0. The lowest BCUT2D eigenvalue weighted by molar-refractivity contribution is 0.0943. The normalized spacial score (nSPS) is 13.7. The van der Waals surface area contributed by atoms with E-state index in [1.54, 1.807) is 0 Å². The average Bonchev–Trinajstić information content (AvgIpc) is 2.89. The van der Waals surface area contributed by atoms with Crippen LogP contribution in [0.15, 0.2) is 103 Å². The van der Waals surface area contributed by atoms with Crippen molar-refractivity contribution in [3.63, 3.8) is 0 Å². The summed E-state index contributed by atoms with van der Waals surface area (Å²) in [5.74, 6) is -0.0630. The standard InChI is InChI=1S/C31H30N2O/c1-23-10-5-7-15-28(23)30(26-12-3-2-4-13-26)32-31(34)27-19-17-24(18-20-27)22-33-21-9-14-25-11-6-8-16-29(25)33/h2-8,10-13,15-20,30H,9,14,21-22H2,1H3,(H,32,34)/t30-/m1/s1. The Labute approximate surface area is 202 Å². The smallest absolute Gasteiger partial charge is 0.252 e. The molecule has 34 heavy (non-hydrogen) atoms. The number of amides is 1. The van der Waals surface area contributed by atoms with Gasteiger partial charge < -0.3 is 10.2 Å². The number of hydrogen-bond donors (Lipinski definition) is 1. The zero-order valence-corrected chi connectivity index (χ0v) is 19.6. The maximum absolute atomic E-state index is 13.3. The van der Waals surface area contributed by atoms with Crippen LogP contribution in [0.2, 0.25) is 0 Å². The predicted octanol–water partition coefficient (Wildman–Crippen LogP) is 6.47. The van der Waals surface area contributed by atoms with Gasteiger partial charge in [-0.15, -0.1) is 0 Å². The Balaban J connectivity index is 1.33. The van der Waals surface area contributed by atoms with E-state index in [-0.39, 0.29) is 11.9 Å². The molecule has 3 nitrogen and oxygen atoms in total. The Bertz CT molecular complexity index is 1260. The molecule has 0 aromatic heterocycles. The van der Waals surface area contributed by atoms with Crippen LogP contribution in [-0.4, -0.2) is 12.5 Å². The van der Waals surface area contributed by atoms with E-state index in [0.717, 1.165) is 36.2 Å². The minimum atomic E-state index is -0.195. The lowest BCUT2D eigenvalue weighted by Gasteiger charge is -2.31. The van der Waals surface area contributed by atoms with Crippen LogP contribution in [0.1, 0.15) is 50.6 Å². The summed E-state index contributed by atoms with van der Waals surface area (Å²) in [6, 6.07) is 34.9. The first kappa shape index (κ1) is 22.0. The number of carbonyl (C=O) groups is 1. The fraction of sp³-hybridized carbons (Fsp3) is 0.194. The molecule has 1 aliphatic heterocycles. The minimum absolute atomic E-state index is 0.0630. The van der Waals surface area contributed by atoms with Gasteiger partial charge in [-0.3, -0.25) is 4.79 Å². The molecule has 3 heteroatoms. The molecular formula is C31H30N2O. The van der Waals surface area contributed by atoms with Crippen molar-refractivity contribution in [2.24, 2.45) is 0 Å². The maximum Gasteiger partial charge on any atom is 0.252 e. The Hall–Kier alpha value is -3.85. The maximum atomic E-state index is 13.3. The Morgan fingerprint density at radius 2 is 1.56 bits per heavy atom. The molecule has 1 N–H and O–H groups in total. The second kappa shape index (κ2) is 9.96. The summed E-state index contributed by atoms with van der Waals surface area (Å²) in [6.07, 6.45) is 2.33. The molecule has 0 saturated carbocycles. The van der Waals surface area contributed by atoms with E-state index in [0.29, 0.717) is 5.56 Å². The largest absolute Gasteiger partial charge is 0.367 e. The van der Waals surface area contributed by atoms with Crippen LogP contribution in [0.4, 0.5) is 5.69 Å². The van der Waals surface area contributed by atoms with E-state index in [9.17, 15) is 4.79 Å². The topological polar surface area (TPSA) is 32.3 Å². The quantitative estimate of drug-likeness (QED) is 0.368. The van der Waals surface area contributed by atoms with Crippen molar-refractivity contribution in [3.8, 4) is 0 Å². The van der Waals surface area contributed by atoms with E-state index in [4.69, 9.17) is 0 Å². The number of carbonyl (C=O) groups excluding carboxylic acids is 1. The Kier molecular flexibility index (Phi) is 6.44. The Morgan fingerprint density at radius 3 is 2.35 bits per heavy atom. The summed E-state index contributed by atoms with van der Waals surface area (Å²) in [5.41, 5.74) is 8.00. The number of benzene rings is 4. The summed E-state index contributed by atoms with van der Waals surface area (Å²) in [4.78, 5) is 15.7. The van der Waals surface area contributed by atoms with Gasteiger partial charge in [0.05, 0.1) is 6.04 Å². The van der Waals surface area contributed by atoms with Gasteiger partial charge in [0.25, 0.3) is 5.91 Å². The van der Waals surface area contributed by atoms with Crippen LogP contribution < -0.4 is 10.2 Å². The first-order chi connectivity index (χ1) is 16.7. The van der Waals surface area contributed by atoms with Crippen molar-refractivity contribution in [1.29, 1.82) is 0 Å². The van der Waals surface area contributed by atoms with Crippen molar-refractivity contribution >= 4 is 11.6 Å². The van der Waals surface area contributed by atoms with Gasteiger partial charge in [0, 0.05) is 24.3 Å². The number of nitrogens with one attached hydrogen (secondary N) is 1. The zero-order chi connectivity index (χ0) is 23.3. The second-order valence-corrected chi connectivity index (χ2v) is 9.02. The molecular weight excluding hydrogens is 416 g/mol. The number of para-hydroxylation sites is 1. The highest BCUT2D eigenvalue weighted by atomic mass is 16.1. The van der Waals surface area contributed by atoms with Gasteiger partial charge in [0.1, 0.15) is 0 Å². The Morgan fingerprint density at radius 1 is 0.853 bits per heavy atom. The zero-order valence-electron chi connectivity index (χ0n) is 19.6. The first-order valence-corrected chi connectivity index (χ1v) is 12.0. The molecule has 1 aliphatic rings. The third kappa shape index (κ3) is 4.74. The summed E-state index contributed by atoms with van der Waals surface area (Å²) >= 11 is 0. The lowest BCUT2D eigenvalue weighted by Crippen LogP contribution is -2.30. The molecule has 0 fully saturated rings. The van der Waals surface area contributed by atoms with Gasteiger partial charge in [0.2, 0.25) is 0 Å². The van der Waals surface area contributed by atoms with Crippen LogP contribution in [0.3, 0.4) is 0 Å². The van der Waals surface area contributed by atoms with Gasteiger partial charge in [-0.2, -0.15) is 0 Å². The van der Waals surface area contributed by atoms with Crippen LogP contribution >= 0.6 is 0 Å². The van der Waals surface area contributed by atoms with E-state index in [2.05, 4.69) is 77.8 Å². The van der Waals surface area contributed by atoms with Gasteiger partial charge in [0.15, 0.2) is 0 Å². The molecule has 1 heterocycles. The minimum Gasteiger partial charge on any atom is -0.367 e. The fourth-order valence-electron chi connectivity index (χ4n) is 4.87. The molecule has 0 spiro atoms. The van der Waals surface area contributed by atoms with E-state index >= 15 is 0 Å². The highest BCUT2D eigenvalue weighted by molar-refractivity contribution is 5.94. The molecule has 0 aliphatic carbocycles. The lowest BCUT2D eigenvalue weighted by atomic mass is 9.94. The molecule has 0 radical (unpaired) electrons. The summed E-state index contributed by atoms with van der Waals surface area (Å²) in [7, 11) is 0. The van der Waals surface area contributed by atoms with Gasteiger partial charge >= 0.3 is 0 Å². The van der Waals surface area contributed by atoms with Crippen molar-refractivity contribution in [1.82, 2.24) is 5.32 Å². The highest BCUT2D eigenvalue weighted by Gasteiger charge is 2.20. The third-order valence-electron chi connectivity index (χ3n) is 6.70. The summed E-state index contributed by atoms with van der Waals surface area (Å²) in [5, 5.41) is 3.27. The predicted molar refractivity (Wildman–Crippen MR) is 139 cm³/mol. The summed E-state index contributed by atoms with van der Waals surface area (Å²) in [6.45, 7) is 4.01. The number of fused-ring (bicyclic) bond motifs is 1. The van der Waals surface area contributed by atoms with Crippen LogP contribution in [0, 0.1) is 6.92 Å². The van der Waals surface area contributed by atoms with Gasteiger partial charge in [-0.05, 0) is 65.8 Å². The monoisotopic (exact) mass is 446 g/mol. The fourth-order valence-corrected chi connectivity index (χ4v) is 4.87. The molecule has 4 aromatic rings. The van der Waals surface area contributed by atoms with Crippen LogP contribution in [-0.2, 0) is 13.0 Å². The average molecular weight is 447 g/mol. The number of rotatable bonds is 6. The van der Waals surface area contributed by atoms with Crippen LogP contribution in [0.5, 0.6) is 0 Å². The molecule has 0 unspecified atom stereocenters. The van der Waals surface area contributed by atoms with Gasteiger partial charge in [-0.1, -0.05) is 84.9 Å². The van der Waals surface area contributed by atoms with Crippen molar-refractivity contribution < 1.29 is 4.79 Å². The van der Waals surface area contributed by atoms with Crippen molar-refractivity contribution in [3.05, 3.63) is 137 Å². The van der Waals surface area contributed by atoms with Crippen LogP contribution in [0.25, 0.3) is 0 Å². The number of anilines is 1. The molecule has 1 atom stereocenters. The van der Waals surface area contributed by atoms with Crippen molar-refractivity contribution in [2.75, 3.05) is 11.4 Å². The SMILES string of the molecule is Cc1ccccc1[C@H](NC(=O)c1ccc(CN2CCCc3ccccc32)cc1)c1ccccc1. The van der Waals surface area contributed by atoms with Crippen molar-refractivity contribution in [2.45, 2.75) is 32.4 Å². The molecule has 170 valence electrons. The molecule has 0 bridgehead atoms. The van der Waals surface area contributed by atoms with Gasteiger partial charge in [-0.25, -0.2) is 0 Å². The molecule has 1 amide bonds. The third-order valence-corrected chi connectivity index (χ3v) is 6.70. The highest BCUT2D eigenvalue weighted by Crippen LogP contribution is 2.28. The van der Waals surface area contributed by atoms with E-state index < -0.39 is 0 Å². The molecule has 4 aromatic carbocycles. The molecule has 5 rings (SSSR count). The first-order valence-electron chi connectivity index (χ1n) is 12.0. The number of aryl methyl sites for hydroxylation is 2.